The van der Waals surface area contributed by atoms with E-state index in [1.54, 1.807) is 0 Å². The summed E-state index contributed by atoms with van der Waals surface area (Å²) in [4.78, 5) is 31.4. The van der Waals surface area contributed by atoms with Gasteiger partial charge in [-0.3, -0.25) is 14.5 Å². The lowest BCUT2D eigenvalue weighted by atomic mass is 9.86. The van der Waals surface area contributed by atoms with E-state index in [-0.39, 0.29) is 17.4 Å². The number of amides is 2. The largest absolute Gasteiger partial charge is 0.343 e. The van der Waals surface area contributed by atoms with Crippen LogP contribution in [0.3, 0.4) is 0 Å². The highest BCUT2D eigenvalue weighted by molar-refractivity contribution is 6.31. The second kappa shape index (κ2) is 7.97. The SMILES string of the molecule is CCN1CCC2(CCC1=O)CN(C(=O)Cc1ccccc1Cl)CCN2C. The Hall–Kier alpha value is -1.59. The summed E-state index contributed by atoms with van der Waals surface area (Å²) < 4.78 is 0. The van der Waals surface area contributed by atoms with Gasteiger partial charge in [0.15, 0.2) is 0 Å². The van der Waals surface area contributed by atoms with Crippen molar-refractivity contribution in [1.82, 2.24) is 14.7 Å². The molecule has 5 nitrogen and oxygen atoms in total. The first-order chi connectivity index (χ1) is 12.4. The third kappa shape index (κ3) is 3.89. The molecule has 1 spiro atoms. The van der Waals surface area contributed by atoms with Gasteiger partial charge in [-0.05, 0) is 38.4 Å². The first-order valence-electron chi connectivity index (χ1n) is 9.45. The van der Waals surface area contributed by atoms with Crippen LogP contribution in [0.2, 0.25) is 5.02 Å². The zero-order valence-electron chi connectivity index (χ0n) is 15.7. The lowest BCUT2D eigenvalue weighted by Crippen LogP contribution is -2.62. The molecule has 0 saturated carbocycles. The molecule has 0 N–H and O–H groups in total. The van der Waals surface area contributed by atoms with E-state index in [4.69, 9.17) is 11.6 Å². The molecule has 2 amide bonds. The van der Waals surface area contributed by atoms with Crippen LogP contribution in [-0.2, 0) is 16.0 Å². The van der Waals surface area contributed by atoms with E-state index in [2.05, 4.69) is 11.9 Å². The number of carbonyl (C=O) groups excluding carboxylic acids is 2. The normalized spacial score (nSPS) is 24.8. The van der Waals surface area contributed by atoms with E-state index < -0.39 is 0 Å². The number of benzene rings is 1. The predicted octanol–water partition coefficient (Wildman–Crippen LogP) is 2.43. The van der Waals surface area contributed by atoms with Crippen LogP contribution in [0.15, 0.2) is 24.3 Å². The minimum Gasteiger partial charge on any atom is -0.343 e. The zero-order chi connectivity index (χ0) is 18.7. The Labute approximate surface area is 160 Å². The maximum atomic E-state index is 12.9. The predicted molar refractivity (Wildman–Crippen MR) is 103 cm³/mol. The van der Waals surface area contributed by atoms with Crippen molar-refractivity contribution < 1.29 is 9.59 Å². The third-order valence-corrected chi connectivity index (χ3v) is 6.41. The van der Waals surface area contributed by atoms with Crippen LogP contribution in [0.5, 0.6) is 0 Å². The Bertz CT molecular complexity index is 681. The number of hydrogen-bond acceptors (Lipinski definition) is 3. The molecule has 6 heteroatoms. The molecule has 26 heavy (non-hydrogen) atoms. The van der Waals surface area contributed by atoms with Crippen LogP contribution >= 0.6 is 11.6 Å². The molecule has 2 aliphatic heterocycles. The first kappa shape index (κ1) is 19.2. The smallest absolute Gasteiger partial charge is 0.227 e. The van der Waals surface area contributed by atoms with Gasteiger partial charge in [0.25, 0.3) is 0 Å². The number of likely N-dealkylation sites (N-methyl/N-ethyl adjacent to an activating group) is 1. The fraction of sp³-hybridized carbons (Fsp3) is 0.600. The number of likely N-dealkylation sites (tertiary alicyclic amines) is 1. The van der Waals surface area contributed by atoms with E-state index >= 15 is 0 Å². The highest BCUT2D eigenvalue weighted by Gasteiger charge is 2.43. The van der Waals surface area contributed by atoms with Crippen LogP contribution in [-0.4, -0.2) is 71.8 Å². The molecular weight excluding hydrogens is 350 g/mol. The lowest BCUT2D eigenvalue weighted by Gasteiger charge is -2.49. The topological polar surface area (TPSA) is 43.9 Å². The average Bonchev–Trinajstić information content (AvgIpc) is 2.79. The van der Waals surface area contributed by atoms with Gasteiger partial charge >= 0.3 is 0 Å². The highest BCUT2D eigenvalue weighted by Crippen LogP contribution is 2.32. The summed E-state index contributed by atoms with van der Waals surface area (Å²) in [7, 11) is 2.13. The summed E-state index contributed by atoms with van der Waals surface area (Å²) in [5, 5.41) is 0.642. The quantitative estimate of drug-likeness (QED) is 0.812. The molecule has 1 unspecified atom stereocenters. The first-order valence-corrected chi connectivity index (χ1v) is 9.83. The van der Waals surface area contributed by atoms with Gasteiger partial charge in [0.2, 0.25) is 11.8 Å². The van der Waals surface area contributed by atoms with Crippen LogP contribution in [0.1, 0.15) is 31.7 Å². The van der Waals surface area contributed by atoms with Crippen molar-refractivity contribution in [3.63, 3.8) is 0 Å². The summed E-state index contributed by atoms with van der Waals surface area (Å²) >= 11 is 6.22. The van der Waals surface area contributed by atoms with Crippen LogP contribution in [0.4, 0.5) is 0 Å². The van der Waals surface area contributed by atoms with Crippen molar-refractivity contribution in [2.24, 2.45) is 0 Å². The van der Waals surface area contributed by atoms with Gasteiger partial charge in [-0.2, -0.15) is 0 Å². The number of nitrogens with zero attached hydrogens (tertiary/aromatic N) is 3. The Morgan fingerprint density at radius 2 is 1.96 bits per heavy atom. The fourth-order valence-corrected chi connectivity index (χ4v) is 4.36. The summed E-state index contributed by atoms with van der Waals surface area (Å²) in [6.45, 7) is 5.82. The van der Waals surface area contributed by atoms with Gasteiger partial charge in [0.05, 0.1) is 6.42 Å². The Balaban J connectivity index is 1.72. The molecule has 1 aromatic carbocycles. The Morgan fingerprint density at radius 1 is 1.19 bits per heavy atom. The molecule has 0 bridgehead atoms. The molecule has 1 aromatic rings. The van der Waals surface area contributed by atoms with E-state index in [0.717, 1.165) is 44.6 Å². The number of hydrogen-bond donors (Lipinski definition) is 0. The molecular formula is C20H28ClN3O2. The van der Waals surface area contributed by atoms with Gasteiger partial charge in [-0.1, -0.05) is 29.8 Å². The molecule has 0 aromatic heterocycles. The Morgan fingerprint density at radius 3 is 2.69 bits per heavy atom. The van der Waals surface area contributed by atoms with E-state index in [0.29, 0.717) is 24.4 Å². The molecule has 1 atom stereocenters. The maximum absolute atomic E-state index is 12.9. The van der Waals surface area contributed by atoms with E-state index in [9.17, 15) is 9.59 Å². The second-order valence-corrected chi connectivity index (χ2v) is 7.86. The standard InChI is InChI=1S/C20H28ClN3O2/c1-3-23-11-10-20(9-8-18(23)25)15-24(13-12-22(20)2)19(26)14-16-6-4-5-7-17(16)21/h4-7H,3,8-15H2,1-2H3. The summed E-state index contributed by atoms with van der Waals surface area (Å²) in [5.74, 6) is 0.353. The van der Waals surface area contributed by atoms with E-state index in [1.165, 1.54) is 0 Å². The Kier molecular flexibility index (Phi) is 5.88. The minimum atomic E-state index is -0.103. The second-order valence-electron chi connectivity index (χ2n) is 7.45. The molecule has 2 fully saturated rings. The number of rotatable bonds is 3. The summed E-state index contributed by atoms with van der Waals surface area (Å²) in [6.07, 6.45) is 2.62. The van der Waals surface area contributed by atoms with Crippen molar-refractivity contribution in [3.8, 4) is 0 Å². The lowest BCUT2D eigenvalue weighted by molar-refractivity contribution is -0.136. The summed E-state index contributed by atoms with van der Waals surface area (Å²) in [5.41, 5.74) is 0.772. The van der Waals surface area contributed by atoms with Crippen molar-refractivity contribution in [2.45, 2.75) is 38.1 Å². The van der Waals surface area contributed by atoms with Crippen LogP contribution < -0.4 is 0 Å². The molecule has 0 radical (unpaired) electrons. The van der Waals surface area contributed by atoms with Crippen molar-refractivity contribution in [3.05, 3.63) is 34.9 Å². The van der Waals surface area contributed by atoms with Crippen LogP contribution in [0, 0.1) is 0 Å². The average molecular weight is 378 g/mol. The van der Waals surface area contributed by atoms with Crippen molar-refractivity contribution in [1.29, 1.82) is 0 Å². The summed E-state index contributed by atoms with van der Waals surface area (Å²) in [6, 6.07) is 7.53. The third-order valence-electron chi connectivity index (χ3n) is 6.04. The monoisotopic (exact) mass is 377 g/mol. The van der Waals surface area contributed by atoms with Crippen molar-refractivity contribution in [2.75, 3.05) is 39.8 Å². The molecule has 2 aliphatic rings. The molecule has 142 valence electrons. The fourth-order valence-electron chi connectivity index (χ4n) is 4.16. The number of halogens is 1. The van der Waals surface area contributed by atoms with Gasteiger partial charge in [0, 0.05) is 49.7 Å². The minimum absolute atomic E-state index is 0.103. The number of carbonyl (C=O) groups is 2. The molecule has 0 aliphatic carbocycles. The highest BCUT2D eigenvalue weighted by atomic mass is 35.5. The molecule has 3 rings (SSSR count). The maximum Gasteiger partial charge on any atom is 0.227 e. The van der Waals surface area contributed by atoms with Gasteiger partial charge in [-0.25, -0.2) is 0 Å². The van der Waals surface area contributed by atoms with Crippen LogP contribution in [0.25, 0.3) is 0 Å². The van der Waals surface area contributed by atoms with Gasteiger partial charge in [0.1, 0.15) is 0 Å². The number of piperazine rings is 1. The van der Waals surface area contributed by atoms with E-state index in [1.807, 2.05) is 41.0 Å². The van der Waals surface area contributed by atoms with Gasteiger partial charge in [-0.15, -0.1) is 0 Å². The zero-order valence-corrected chi connectivity index (χ0v) is 16.5. The van der Waals surface area contributed by atoms with Gasteiger partial charge < -0.3 is 9.80 Å². The van der Waals surface area contributed by atoms with Crippen molar-refractivity contribution >= 4 is 23.4 Å². The molecule has 2 saturated heterocycles. The molecule has 2 heterocycles.